The van der Waals surface area contributed by atoms with Gasteiger partial charge in [-0.05, 0) is 129 Å². The molecule has 0 unspecified atom stereocenters. The number of aromatic nitrogens is 6. The summed E-state index contributed by atoms with van der Waals surface area (Å²) < 4.78 is 8.88. The van der Waals surface area contributed by atoms with Crippen LogP contribution in [0.2, 0.25) is 0 Å². The average Bonchev–Trinajstić information content (AvgIpc) is 1.49. The topological polar surface area (TPSA) is 90.5 Å². The van der Waals surface area contributed by atoms with Crippen molar-refractivity contribution in [1.29, 1.82) is 0 Å². The van der Waals surface area contributed by atoms with E-state index < -0.39 is 0 Å². The Bertz CT molecular complexity index is 6040. The van der Waals surface area contributed by atoms with E-state index in [-0.39, 0.29) is 0 Å². The molecule has 0 aliphatic heterocycles. The molecule has 0 aliphatic carbocycles. The molecule has 20 aromatic rings. The van der Waals surface area contributed by atoms with Crippen LogP contribution >= 0.6 is 11.3 Å². The largest absolute Gasteiger partial charge is 0.456 e. The molecule has 456 valence electrons. The highest BCUT2D eigenvalue weighted by Gasteiger charge is 2.21. The lowest BCUT2D eigenvalue weighted by atomic mass is 9.92. The Kier molecular flexibility index (Phi) is 13.6. The van der Waals surface area contributed by atoms with E-state index in [4.69, 9.17) is 34.3 Å². The summed E-state index contributed by atoms with van der Waals surface area (Å²) in [6, 6.07) is 115. The molecule has 0 fully saturated rings. The van der Waals surface area contributed by atoms with Crippen LogP contribution in [0.4, 0.5) is 0 Å². The van der Waals surface area contributed by atoms with E-state index in [0.29, 0.717) is 34.9 Å². The van der Waals surface area contributed by atoms with Crippen molar-refractivity contribution in [3.63, 3.8) is 0 Å². The summed E-state index contributed by atoms with van der Waals surface area (Å²) in [5.41, 5.74) is 11.9. The molecule has 0 aliphatic rings. The van der Waals surface area contributed by atoms with Crippen LogP contribution in [0.25, 0.3) is 197 Å². The highest BCUT2D eigenvalue weighted by molar-refractivity contribution is 7.26. The van der Waals surface area contributed by atoms with E-state index in [9.17, 15) is 0 Å². The van der Waals surface area contributed by atoms with Crippen LogP contribution in [0.3, 0.4) is 0 Å². The maximum absolute atomic E-state index is 6.22. The van der Waals surface area contributed by atoms with Gasteiger partial charge >= 0.3 is 0 Å². The molecular weight excluding hydrogens is 1210 g/mol. The fraction of sp³-hybridized carbons (Fsp3) is 0. The van der Waals surface area contributed by atoms with Crippen LogP contribution < -0.4 is 0 Å². The fourth-order valence-corrected chi connectivity index (χ4v) is 15.6. The van der Waals surface area contributed by atoms with Crippen molar-refractivity contribution in [3.8, 4) is 90.6 Å². The van der Waals surface area contributed by atoms with Crippen molar-refractivity contribution < 1.29 is 4.42 Å². The summed E-state index contributed by atoms with van der Waals surface area (Å²) in [5.74, 6) is 3.91. The predicted octanol–water partition coefficient (Wildman–Crippen LogP) is 24.3. The molecule has 0 amide bonds. The number of rotatable bonds is 8. The predicted molar refractivity (Wildman–Crippen MR) is 408 cm³/mol. The fourth-order valence-electron chi connectivity index (χ4n) is 14.4. The van der Waals surface area contributed by atoms with Gasteiger partial charge in [0.25, 0.3) is 0 Å². The average molecular weight is 1270 g/mol. The minimum absolute atomic E-state index is 0.643. The third-order valence-corrected chi connectivity index (χ3v) is 20.2. The Morgan fingerprint density at radius 3 is 1.05 bits per heavy atom. The molecule has 0 N–H and O–H groups in total. The molecule has 0 bridgehead atoms. The molecule has 0 radical (unpaired) electrons. The Labute approximate surface area is 567 Å². The summed E-state index contributed by atoms with van der Waals surface area (Å²) >= 11 is 1.87. The summed E-state index contributed by atoms with van der Waals surface area (Å²) in [6.45, 7) is 0. The van der Waals surface area contributed by atoms with Crippen molar-refractivity contribution in [2.75, 3.05) is 0 Å². The van der Waals surface area contributed by atoms with Crippen molar-refractivity contribution in [2.24, 2.45) is 0 Å². The standard InChI is InChI=1S/C45H27N3O.C45H27N3S/c2*1-3-11-29(12-4-1)43-46-44(30-13-5-2-6-14-30)48-45(47-43)37-16-8-7-15-33(37)31-22-23-34-32(27-31)20-19-28-21-24-36-35(41(28)34)25-26-40-42(36)38-17-9-10-18-39(38)49-40/h2*1-27H. The molecule has 0 atom stereocenters. The first-order valence-corrected chi connectivity index (χ1v) is 33.7. The van der Waals surface area contributed by atoms with E-state index in [1.165, 1.54) is 90.2 Å². The van der Waals surface area contributed by atoms with Gasteiger partial charge in [-0.1, -0.05) is 285 Å². The lowest BCUT2D eigenvalue weighted by Crippen LogP contribution is -2.01. The molecule has 0 saturated carbocycles. The van der Waals surface area contributed by atoms with E-state index in [1.54, 1.807) is 0 Å². The Morgan fingerprint density at radius 2 is 0.551 bits per heavy atom. The maximum atomic E-state index is 6.22. The second-order valence-electron chi connectivity index (χ2n) is 24.8. The minimum Gasteiger partial charge on any atom is -0.456 e. The van der Waals surface area contributed by atoms with Crippen molar-refractivity contribution in [3.05, 3.63) is 328 Å². The number of nitrogens with zero attached hydrogens (tertiary/aromatic N) is 6. The van der Waals surface area contributed by atoms with Gasteiger partial charge in [-0.25, -0.2) is 29.9 Å². The van der Waals surface area contributed by atoms with Crippen LogP contribution in [0, 0.1) is 0 Å². The van der Waals surface area contributed by atoms with Crippen molar-refractivity contribution in [1.82, 2.24) is 29.9 Å². The van der Waals surface area contributed by atoms with Gasteiger partial charge in [0.05, 0.1) is 0 Å². The number of thiophene rings is 1. The zero-order chi connectivity index (χ0) is 64.6. The molecular formula is C90H54N6OS. The first-order valence-electron chi connectivity index (χ1n) is 32.9. The van der Waals surface area contributed by atoms with Crippen LogP contribution in [0.5, 0.6) is 0 Å². The first kappa shape index (κ1) is 56.6. The highest BCUT2D eigenvalue weighted by Crippen LogP contribution is 2.45. The van der Waals surface area contributed by atoms with Crippen LogP contribution in [0.1, 0.15) is 0 Å². The third kappa shape index (κ3) is 9.80. The molecule has 4 aromatic heterocycles. The van der Waals surface area contributed by atoms with E-state index in [0.717, 1.165) is 72.2 Å². The van der Waals surface area contributed by atoms with Crippen LogP contribution in [-0.2, 0) is 0 Å². The molecule has 0 spiro atoms. The highest BCUT2D eigenvalue weighted by atomic mass is 32.1. The monoisotopic (exact) mass is 1270 g/mol. The number of fused-ring (bicyclic) bond motifs is 18. The van der Waals surface area contributed by atoms with Gasteiger partial charge in [-0.15, -0.1) is 11.3 Å². The maximum Gasteiger partial charge on any atom is 0.164 e. The number of furan rings is 1. The third-order valence-electron chi connectivity index (χ3n) is 19.0. The smallest absolute Gasteiger partial charge is 0.164 e. The first-order chi connectivity index (χ1) is 48.6. The minimum atomic E-state index is 0.643. The van der Waals surface area contributed by atoms with E-state index >= 15 is 0 Å². The second kappa shape index (κ2) is 23.5. The van der Waals surface area contributed by atoms with E-state index in [2.05, 4.69) is 188 Å². The van der Waals surface area contributed by atoms with Crippen LogP contribution in [0.15, 0.2) is 332 Å². The number of para-hydroxylation sites is 1. The molecule has 8 heteroatoms. The summed E-state index contributed by atoms with van der Waals surface area (Å²) in [6.07, 6.45) is 0. The molecule has 98 heavy (non-hydrogen) atoms. The van der Waals surface area contributed by atoms with Gasteiger partial charge in [0.2, 0.25) is 0 Å². The molecule has 20 rings (SSSR count). The zero-order valence-electron chi connectivity index (χ0n) is 52.7. The zero-order valence-corrected chi connectivity index (χ0v) is 53.5. The van der Waals surface area contributed by atoms with Gasteiger partial charge in [-0.3, -0.25) is 0 Å². The van der Waals surface area contributed by atoms with Gasteiger partial charge in [0, 0.05) is 64.3 Å². The van der Waals surface area contributed by atoms with Crippen molar-refractivity contribution in [2.45, 2.75) is 0 Å². The Balaban J connectivity index is 0.000000137. The Morgan fingerprint density at radius 1 is 0.194 bits per heavy atom. The molecule has 0 saturated heterocycles. The molecule has 16 aromatic carbocycles. The number of benzene rings is 16. The summed E-state index contributed by atoms with van der Waals surface area (Å²) in [4.78, 5) is 30.0. The van der Waals surface area contributed by atoms with Gasteiger partial charge in [0.15, 0.2) is 34.9 Å². The van der Waals surface area contributed by atoms with E-state index in [1.807, 2.05) is 151 Å². The SMILES string of the molecule is c1ccc(-c2nc(-c3ccccc3)nc(-c3ccccc3-c3ccc4c(ccc5ccc6c(ccc7oc8ccccc8c76)c54)c3)n2)cc1.c1ccc(-c2nc(-c3ccccc3)nc(-c3ccccc3-c3ccc4c(ccc5ccc6c(ccc7sc8ccccc8c76)c54)c3)n2)cc1. The summed E-state index contributed by atoms with van der Waals surface area (Å²) in [5, 5.41) is 19.9. The normalized spacial score (nSPS) is 11.7. The lowest BCUT2D eigenvalue weighted by molar-refractivity contribution is 0.669. The Hall–Kier alpha value is -12.9. The summed E-state index contributed by atoms with van der Waals surface area (Å²) in [7, 11) is 0. The van der Waals surface area contributed by atoms with Crippen molar-refractivity contribution >= 4 is 118 Å². The second-order valence-corrected chi connectivity index (χ2v) is 25.8. The van der Waals surface area contributed by atoms with Crippen LogP contribution in [-0.4, -0.2) is 29.9 Å². The van der Waals surface area contributed by atoms with Gasteiger partial charge < -0.3 is 4.42 Å². The number of hydrogen-bond acceptors (Lipinski definition) is 8. The quantitative estimate of drug-likeness (QED) is 0.140. The molecule has 7 nitrogen and oxygen atoms in total. The lowest BCUT2D eigenvalue weighted by Gasteiger charge is -2.14. The molecule has 4 heterocycles. The van der Waals surface area contributed by atoms with Gasteiger partial charge in [-0.2, -0.15) is 0 Å². The number of hydrogen-bond donors (Lipinski definition) is 0. The van der Waals surface area contributed by atoms with Gasteiger partial charge in [0.1, 0.15) is 11.2 Å².